The number of nitrogens with zero attached hydrogens (tertiary/aromatic N) is 5. The minimum absolute atomic E-state index is 0.0438. The van der Waals surface area contributed by atoms with Gasteiger partial charge in [0.2, 0.25) is 0 Å². The van der Waals surface area contributed by atoms with E-state index in [9.17, 15) is 14.9 Å². The number of ether oxygens (including phenoxy) is 1. The molecule has 5 aromatic rings. The van der Waals surface area contributed by atoms with Gasteiger partial charge in [-0.05, 0) is 24.3 Å². The van der Waals surface area contributed by atoms with Crippen molar-refractivity contribution < 1.29 is 9.66 Å². The van der Waals surface area contributed by atoms with Crippen molar-refractivity contribution in [2.45, 2.75) is 0 Å². The van der Waals surface area contributed by atoms with Crippen LogP contribution in [0.3, 0.4) is 0 Å². The van der Waals surface area contributed by atoms with E-state index in [2.05, 4.69) is 20.3 Å². The number of hydrogen-bond donors (Lipinski definition) is 1. The van der Waals surface area contributed by atoms with Gasteiger partial charge in [0.1, 0.15) is 11.4 Å². The first-order chi connectivity index (χ1) is 16.1. The van der Waals surface area contributed by atoms with Crippen molar-refractivity contribution in [1.82, 2.24) is 14.6 Å². The molecule has 33 heavy (non-hydrogen) atoms. The van der Waals surface area contributed by atoms with E-state index >= 15 is 0 Å². The Labute approximate surface area is 185 Å². The molecule has 5 rings (SSSR count). The molecule has 0 aliphatic heterocycles. The highest BCUT2D eigenvalue weighted by Crippen LogP contribution is 2.37. The molecule has 0 saturated carbocycles. The third kappa shape index (κ3) is 3.49. The fourth-order valence-corrected chi connectivity index (χ4v) is 3.57. The Bertz CT molecular complexity index is 1600. The Balaban J connectivity index is 1.77. The summed E-state index contributed by atoms with van der Waals surface area (Å²) in [6.07, 6.45) is 0. The second-order valence-electron chi connectivity index (χ2n) is 7.11. The van der Waals surface area contributed by atoms with E-state index in [1.807, 2.05) is 36.4 Å². The van der Waals surface area contributed by atoms with Crippen LogP contribution in [-0.4, -0.2) is 26.6 Å². The number of hydrogen-bond acceptors (Lipinski definition) is 7. The summed E-state index contributed by atoms with van der Waals surface area (Å²) in [5.74, 6) is 0.331. The molecule has 0 aliphatic carbocycles. The summed E-state index contributed by atoms with van der Waals surface area (Å²) >= 11 is 0. The van der Waals surface area contributed by atoms with Gasteiger partial charge in [-0.15, -0.1) is 10.2 Å². The first-order valence-corrected chi connectivity index (χ1v) is 9.90. The van der Waals surface area contributed by atoms with Crippen LogP contribution in [0.5, 0.6) is 5.75 Å². The highest BCUT2D eigenvalue weighted by molar-refractivity contribution is 5.88. The number of para-hydroxylation sites is 1. The Morgan fingerprint density at radius 1 is 1.03 bits per heavy atom. The summed E-state index contributed by atoms with van der Waals surface area (Å²) < 4.78 is 6.66. The molecular formula is C23H16N6O4. The maximum Gasteiger partial charge on any atom is 0.300 e. The predicted molar refractivity (Wildman–Crippen MR) is 123 cm³/mol. The summed E-state index contributed by atoms with van der Waals surface area (Å²) in [4.78, 5) is 26.5. The summed E-state index contributed by atoms with van der Waals surface area (Å²) in [5.41, 5.74) is 1.94. The molecule has 10 heteroatoms. The van der Waals surface area contributed by atoms with Crippen LogP contribution < -0.4 is 10.3 Å². The number of aromatic amines is 1. The molecule has 0 radical (unpaired) electrons. The number of azo groups is 1. The van der Waals surface area contributed by atoms with Gasteiger partial charge >= 0.3 is 0 Å². The molecule has 1 N–H and O–H groups in total. The van der Waals surface area contributed by atoms with Crippen LogP contribution in [-0.2, 0) is 0 Å². The molecule has 0 atom stereocenters. The summed E-state index contributed by atoms with van der Waals surface area (Å²) in [5, 5.41) is 25.1. The van der Waals surface area contributed by atoms with Gasteiger partial charge in [0.25, 0.3) is 11.2 Å². The van der Waals surface area contributed by atoms with Crippen molar-refractivity contribution in [3.8, 4) is 17.0 Å². The van der Waals surface area contributed by atoms with Crippen molar-refractivity contribution in [2.24, 2.45) is 10.2 Å². The van der Waals surface area contributed by atoms with Crippen molar-refractivity contribution in [1.29, 1.82) is 0 Å². The average molecular weight is 440 g/mol. The third-order valence-corrected chi connectivity index (χ3v) is 5.15. The summed E-state index contributed by atoms with van der Waals surface area (Å²) in [7, 11) is 1.42. The fourth-order valence-electron chi connectivity index (χ4n) is 3.57. The highest BCUT2D eigenvalue weighted by Gasteiger charge is 2.20. The topological polar surface area (TPSA) is 127 Å². The average Bonchev–Trinajstić information content (AvgIpc) is 3.21. The van der Waals surface area contributed by atoms with Gasteiger partial charge in [-0.25, -0.2) is 4.52 Å². The molecule has 162 valence electrons. The van der Waals surface area contributed by atoms with E-state index in [1.165, 1.54) is 19.2 Å². The van der Waals surface area contributed by atoms with Crippen LogP contribution in [0.25, 0.3) is 27.8 Å². The molecule has 0 saturated heterocycles. The van der Waals surface area contributed by atoms with Gasteiger partial charge in [0, 0.05) is 5.56 Å². The quantitative estimate of drug-likeness (QED) is 0.229. The zero-order chi connectivity index (χ0) is 22.9. The standard InChI is InChI=1S/C23H16N6O4/c1-33-15-11-12-17(19(13-15)29(31)32)25-26-21-20(14-7-3-2-4-8-14)27-28-18-10-6-5-9-16(18)23(30)24-22(21)28/h2-13H,1H3,(H,24,30). The fraction of sp³-hybridized carbons (Fsp3) is 0.0435. The molecule has 10 nitrogen and oxygen atoms in total. The van der Waals surface area contributed by atoms with Gasteiger partial charge < -0.3 is 9.72 Å². The Hall–Kier alpha value is -4.86. The van der Waals surface area contributed by atoms with E-state index in [1.54, 1.807) is 28.8 Å². The first-order valence-electron chi connectivity index (χ1n) is 9.90. The number of methoxy groups -OCH3 is 1. The van der Waals surface area contributed by atoms with Crippen LogP contribution in [0.15, 0.2) is 87.8 Å². The van der Waals surface area contributed by atoms with E-state index in [-0.39, 0.29) is 22.6 Å². The molecule has 0 amide bonds. The van der Waals surface area contributed by atoms with Crippen molar-refractivity contribution in [3.63, 3.8) is 0 Å². The van der Waals surface area contributed by atoms with E-state index in [4.69, 9.17) is 4.74 Å². The number of benzene rings is 3. The highest BCUT2D eigenvalue weighted by atomic mass is 16.6. The molecule has 0 spiro atoms. The largest absolute Gasteiger partial charge is 0.496 e. The SMILES string of the molecule is COc1ccc(N=Nc2c(-c3ccccc3)nn3c2[nH]c(=O)c2ccccc23)c([N+](=O)[O-])c1. The van der Waals surface area contributed by atoms with Gasteiger partial charge in [-0.1, -0.05) is 42.5 Å². The van der Waals surface area contributed by atoms with Gasteiger partial charge in [-0.2, -0.15) is 5.10 Å². The smallest absolute Gasteiger partial charge is 0.300 e. The maximum absolute atomic E-state index is 12.7. The number of fused-ring (bicyclic) bond motifs is 3. The summed E-state index contributed by atoms with van der Waals surface area (Å²) in [6, 6.07) is 20.7. The number of nitro groups is 1. The lowest BCUT2D eigenvalue weighted by Gasteiger charge is -2.02. The molecule has 0 aliphatic rings. The Morgan fingerprint density at radius 2 is 1.79 bits per heavy atom. The van der Waals surface area contributed by atoms with Gasteiger partial charge in [0.05, 0.1) is 29.0 Å². The van der Waals surface area contributed by atoms with Crippen molar-refractivity contribution in [2.75, 3.05) is 7.11 Å². The first kappa shape index (κ1) is 20.1. The molecule has 0 bridgehead atoms. The zero-order valence-corrected chi connectivity index (χ0v) is 17.3. The van der Waals surface area contributed by atoms with E-state index in [0.717, 1.165) is 5.56 Å². The lowest BCUT2D eigenvalue weighted by Crippen LogP contribution is -2.09. The minimum atomic E-state index is -0.555. The lowest BCUT2D eigenvalue weighted by molar-refractivity contribution is -0.384. The summed E-state index contributed by atoms with van der Waals surface area (Å²) in [6.45, 7) is 0. The second kappa shape index (κ2) is 8.00. The molecular weight excluding hydrogens is 424 g/mol. The number of nitrogens with one attached hydrogen (secondary N) is 1. The number of rotatable bonds is 5. The van der Waals surface area contributed by atoms with E-state index < -0.39 is 4.92 Å². The van der Waals surface area contributed by atoms with Crippen LogP contribution in [0.4, 0.5) is 17.1 Å². The van der Waals surface area contributed by atoms with Crippen molar-refractivity contribution >= 4 is 33.6 Å². The third-order valence-electron chi connectivity index (χ3n) is 5.15. The Kier molecular flexibility index (Phi) is 4.87. The normalized spacial score (nSPS) is 11.4. The monoisotopic (exact) mass is 440 g/mol. The Morgan fingerprint density at radius 3 is 2.55 bits per heavy atom. The number of aromatic nitrogens is 3. The van der Waals surface area contributed by atoms with Crippen LogP contribution in [0, 0.1) is 10.1 Å². The molecule has 2 heterocycles. The predicted octanol–water partition coefficient (Wildman–Crippen LogP) is 5.18. The molecule has 0 fully saturated rings. The number of nitro benzene ring substituents is 1. The lowest BCUT2D eigenvalue weighted by atomic mass is 10.1. The maximum atomic E-state index is 12.7. The van der Waals surface area contributed by atoms with Gasteiger partial charge in [-0.3, -0.25) is 14.9 Å². The van der Waals surface area contributed by atoms with Crippen LogP contribution in [0.1, 0.15) is 0 Å². The molecule has 2 aromatic heterocycles. The van der Waals surface area contributed by atoms with Gasteiger partial charge in [0.15, 0.2) is 17.0 Å². The zero-order valence-electron chi connectivity index (χ0n) is 17.3. The van der Waals surface area contributed by atoms with Crippen LogP contribution in [0.2, 0.25) is 0 Å². The van der Waals surface area contributed by atoms with Crippen LogP contribution >= 0.6 is 0 Å². The second-order valence-corrected chi connectivity index (χ2v) is 7.11. The molecule has 3 aromatic carbocycles. The minimum Gasteiger partial charge on any atom is -0.496 e. The van der Waals surface area contributed by atoms with E-state index in [0.29, 0.717) is 28.0 Å². The van der Waals surface area contributed by atoms with Crippen molar-refractivity contribution in [3.05, 3.63) is 93.3 Å². The number of H-pyrrole nitrogens is 1. The molecule has 0 unspecified atom stereocenters.